The summed E-state index contributed by atoms with van der Waals surface area (Å²) in [5.74, 6) is -0.373. The second-order valence-corrected chi connectivity index (χ2v) is 4.99. The first-order valence-corrected chi connectivity index (χ1v) is 6.63. The third-order valence-electron chi connectivity index (χ3n) is 3.67. The Morgan fingerprint density at radius 3 is 2.64 bits per heavy atom. The molecule has 0 bridgehead atoms. The third kappa shape index (κ3) is 2.58. The summed E-state index contributed by atoms with van der Waals surface area (Å²) in [6, 6.07) is 5.17. The molecule has 0 aliphatic heterocycles. The maximum atomic E-state index is 13.2. The SMILES string of the molecule is CC(n1cnnn1)C(O)(Cn1cncn1)c1ccc(F)cc1. The van der Waals surface area contributed by atoms with Gasteiger partial charge in [-0.05, 0) is 35.0 Å². The fraction of sp³-hybridized carbons (Fsp3) is 0.308. The van der Waals surface area contributed by atoms with Gasteiger partial charge < -0.3 is 5.11 Å². The van der Waals surface area contributed by atoms with E-state index in [9.17, 15) is 9.50 Å². The topological polar surface area (TPSA) is 94.5 Å². The number of rotatable bonds is 5. The molecule has 0 spiro atoms. The number of halogens is 1. The molecule has 2 aromatic heterocycles. The second-order valence-electron chi connectivity index (χ2n) is 4.99. The first-order chi connectivity index (χ1) is 10.6. The molecule has 114 valence electrons. The molecule has 22 heavy (non-hydrogen) atoms. The molecule has 2 atom stereocenters. The van der Waals surface area contributed by atoms with Crippen LogP contribution in [0.25, 0.3) is 0 Å². The average molecular weight is 303 g/mol. The number of hydrogen-bond acceptors (Lipinski definition) is 6. The standard InChI is InChI=1S/C13H14FN7O/c1-10(21-9-16-18-19-21)13(22,6-20-8-15-7-17-20)11-2-4-12(14)5-3-11/h2-5,7-10,22H,6H2,1H3. The lowest BCUT2D eigenvalue weighted by Crippen LogP contribution is -2.40. The van der Waals surface area contributed by atoms with Crippen molar-refractivity contribution in [3.05, 3.63) is 54.6 Å². The highest BCUT2D eigenvalue weighted by molar-refractivity contribution is 5.24. The first kappa shape index (κ1) is 14.3. The fourth-order valence-corrected chi connectivity index (χ4v) is 2.33. The molecule has 9 heteroatoms. The fourth-order valence-electron chi connectivity index (χ4n) is 2.33. The van der Waals surface area contributed by atoms with E-state index < -0.39 is 11.6 Å². The van der Waals surface area contributed by atoms with Crippen molar-refractivity contribution in [2.24, 2.45) is 0 Å². The molecule has 0 saturated heterocycles. The quantitative estimate of drug-likeness (QED) is 0.740. The van der Waals surface area contributed by atoms with Gasteiger partial charge in [0.25, 0.3) is 0 Å². The van der Waals surface area contributed by atoms with Crippen LogP contribution in [0.3, 0.4) is 0 Å². The Bertz CT molecular complexity index is 713. The highest BCUT2D eigenvalue weighted by Gasteiger charge is 2.38. The number of aromatic nitrogens is 7. The van der Waals surface area contributed by atoms with Gasteiger partial charge in [0.1, 0.15) is 30.4 Å². The lowest BCUT2D eigenvalue weighted by molar-refractivity contribution is -0.0346. The summed E-state index contributed by atoms with van der Waals surface area (Å²) >= 11 is 0. The number of aliphatic hydroxyl groups is 1. The largest absolute Gasteiger partial charge is 0.381 e. The summed E-state index contributed by atoms with van der Waals surface area (Å²) in [6.45, 7) is 1.90. The molecule has 0 amide bonds. The van der Waals surface area contributed by atoms with E-state index in [2.05, 4.69) is 25.6 Å². The molecule has 8 nitrogen and oxygen atoms in total. The van der Waals surface area contributed by atoms with E-state index >= 15 is 0 Å². The predicted molar refractivity (Wildman–Crippen MR) is 72.8 cm³/mol. The minimum absolute atomic E-state index is 0.125. The minimum atomic E-state index is -1.39. The summed E-state index contributed by atoms with van der Waals surface area (Å²) in [6.07, 6.45) is 4.30. The van der Waals surface area contributed by atoms with Gasteiger partial charge >= 0.3 is 0 Å². The van der Waals surface area contributed by atoms with E-state index in [1.807, 2.05) is 0 Å². The third-order valence-corrected chi connectivity index (χ3v) is 3.67. The van der Waals surface area contributed by atoms with Crippen molar-refractivity contribution in [3.8, 4) is 0 Å². The molecule has 3 rings (SSSR count). The summed E-state index contributed by atoms with van der Waals surface area (Å²) in [4.78, 5) is 3.87. The lowest BCUT2D eigenvalue weighted by atomic mass is 9.87. The van der Waals surface area contributed by atoms with Crippen molar-refractivity contribution >= 4 is 0 Å². The van der Waals surface area contributed by atoms with Crippen LogP contribution in [0.5, 0.6) is 0 Å². The van der Waals surface area contributed by atoms with Crippen LogP contribution < -0.4 is 0 Å². The van der Waals surface area contributed by atoms with Gasteiger partial charge in [-0.15, -0.1) is 5.10 Å². The molecule has 0 fully saturated rings. The molecule has 1 N–H and O–H groups in total. The maximum Gasteiger partial charge on any atom is 0.138 e. The molecule has 1 aromatic carbocycles. The maximum absolute atomic E-state index is 13.2. The molecule has 0 saturated carbocycles. The van der Waals surface area contributed by atoms with Crippen molar-refractivity contribution < 1.29 is 9.50 Å². The van der Waals surface area contributed by atoms with Gasteiger partial charge in [0, 0.05) is 0 Å². The monoisotopic (exact) mass is 303 g/mol. The smallest absolute Gasteiger partial charge is 0.138 e. The molecule has 0 radical (unpaired) electrons. The van der Waals surface area contributed by atoms with Crippen LogP contribution in [-0.2, 0) is 12.1 Å². The Morgan fingerprint density at radius 1 is 1.27 bits per heavy atom. The van der Waals surface area contributed by atoms with E-state index in [-0.39, 0.29) is 12.4 Å². The number of tetrazole rings is 1. The van der Waals surface area contributed by atoms with Crippen LogP contribution in [0.15, 0.2) is 43.2 Å². The van der Waals surface area contributed by atoms with Crippen LogP contribution in [-0.4, -0.2) is 40.1 Å². The molecule has 2 unspecified atom stereocenters. The second kappa shape index (κ2) is 5.60. The van der Waals surface area contributed by atoms with E-state index in [0.717, 1.165) is 0 Å². The van der Waals surface area contributed by atoms with Crippen LogP contribution in [0.2, 0.25) is 0 Å². The minimum Gasteiger partial charge on any atom is -0.381 e. The lowest BCUT2D eigenvalue weighted by Gasteiger charge is -2.34. The van der Waals surface area contributed by atoms with Crippen molar-refractivity contribution in [3.63, 3.8) is 0 Å². The molecular formula is C13H14FN7O. The molecule has 3 aromatic rings. The average Bonchev–Trinajstić information content (AvgIpc) is 3.20. The summed E-state index contributed by atoms with van der Waals surface area (Å²) in [7, 11) is 0. The van der Waals surface area contributed by atoms with Crippen LogP contribution in [0.4, 0.5) is 4.39 Å². The van der Waals surface area contributed by atoms with Crippen molar-refractivity contribution in [1.82, 2.24) is 35.0 Å². The normalized spacial score (nSPS) is 15.4. The predicted octanol–water partition coefficient (Wildman–Crippen LogP) is 0.553. The van der Waals surface area contributed by atoms with E-state index in [1.165, 1.54) is 52.6 Å². The van der Waals surface area contributed by atoms with Gasteiger partial charge in [-0.2, -0.15) is 5.10 Å². The number of nitrogens with zero attached hydrogens (tertiary/aromatic N) is 7. The molecular weight excluding hydrogens is 289 g/mol. The summed E-state index contributed by atoms with van der Waals surface area (Å²) < 4.78 is 16.1. The van der Waals surface area contributed by atoms with E-state index in [1.54, 1.807) is 6.92 Å². The Balaban J connectivity index is 2.02. The number of hydrogen-bond donors (Lipinski definition) is 1. The number of benzene rings is 1. The van der Waals surface area contributed by atoms with E-state index in [4.69, 9.17) is 0 Å². The Hall–Kier alpha value is -2.68. The van der Waals surface area contributed by atoms with Crippen molar-refractivity contribution in [2.75, 3.05) is 0 Å². The first-order valence-electron chi connectivity index (χ1n) is 6.63. The van der Waals surface area contributed by atoms with Crippen LogP contribution in [0.1, 0.15) is 18.5 Å². The van der Waals surface area contributed by atoms with E-state index in [0.29, 0.717) is 5.56 Å². The van der Waals surface area contributed by atoms with Gasteiger partial charge in [0.05, 0.1) is 12.6 Å². The van der Waals surface area contributed by atoms with Gasteiger partial charge in [0.2, 0.25) is 0 Å². The molecule has 2 heterocycles. The van der Waals surface area contributed by atoms with Gasteiger partial charge in [-0.1, -0.05) is 12.1 Å². The Kier molecular flexibility index (Phi) is 3.63. The van der Waals surface area contributed by atoms with Crippen molar-refractivity contribution in [1.29, 1.82) is 0 Å². The molecule has 0 aliphatic rings. The Morgan fingerprint density at radius 2 is 2.05 bits per heavy atom. The highest BCUT2D eigenvalue weighted by Crippen LogP contribution is 2.34. The zero-order chi connectivity index (χ0) is 15.6. The molecule has 0 aliphatic carbocycles. The van der Waals surface area contributed by atoms with Crippen molar-refractivity contribution in [2.45, 2.75) is 25.1 Å². The summed E-state index contributed by atoms with van der Waals surface area (Å²) in [5, 5.41) is 26.3. The van der Waals surface area contributed by atoms with Gasteiger partial charge in [-0.3, -0.25) is 0 Å². The zero-order valence-corrected chi connectivity index (χ0v) is 11.8. The van der Waals surface area contributed by atoms with Gasteiger partial charge in [-0.25, -0.2) is 18.7 Å². The zero-order valence-electron chi connectivity index (χ0n) is 11.8. The summed E-state index contributed by atoms with van der Waals surface area (Å²) in [5.41, 5.74) is -0.857. The Labute approximate surface area is 125 Å². The van der Waals surface area contributed by atoms with Crippen LogP contribution >= 0.6 is 0 Å². The van der Waals surface area contributed by atoms with Gasteiger partial charge in [0.15, 0.2) is 0 Å². The van der Waals surface area contributed by atoms with Crippen LogP contribution in [0, 0.1) is 5.82 Å². The highest BCUT2D eigenvalue weighted by atomic mass is 19.1.